The second-order valence-electron chi connectivity index (χ2n) is 11.5. The molecule has 0 aliphatic heterocycles. The van der Waals surface area contributed by atoms with Crippen molar-refractivity contribution in [3.63, 3.8) is 0 Å². The van der Waals surface area contributed by atoms with Crippen LogP contribution in [0.15, 0.2) is 30.3 Å². The lowest BCUT2D eigenvalue weighted by atomic mass is 9.38. The highest BCUT2D eigenvalue weighted by molar-refractivity contribution is 5.86. The zero-order valence-electron chi connectivity index (χ0n) is 17.6. The van der Waals surface area contributed by atoms with E-state index in [4.69, 9.17) is 5.73 Å². The normalized spacial score (nSPS) is 44.6. The van der Waals surface area contributed by atoms with Gasteiger partial charge in [0.25, 0.3) is 0 Å². The molecule has 6 rings (SSSR count). The average Bonchev–Trinajstić information content (AvgIpc) is 2.67. The summed E-state index contributed by atoms with van der Waals surface area (Å²) in [6, 6.07) is 11.2. The molecule has 5 fully saturated rings. The fourth-order valence-corrected chi connectivity index (χ4v) is 8.50. The molecule has 4 bridgehead atoms. The lowest BCUT2D eigenvalue weighted by Gasteiger charge is -2.66. The maximum atomic E-state index is 13.8. The van der Waals surface area contributed by atoms with Crippen molar-refractivity contribution in [2.75, 3.05) is 6.54 Å². The maximum Gasteiger partial charge on any atom is 0.139 e. The van der Waals surface area contributed by atoms with Gasteiger partial charge in [0, 0.05) is 11.8 Å². The molecular weight excluding hydrogens is 342 g/mol. The number of carbonyl (C=O) groups is 1. The molecule has 0 spiro atoms. The third-order valence-corrected chi connectivity index (χ3v) is 9.10. The van der Waals surface area contributed by atoms with E-state index < -0.39 is 0 Å². The van der Waals surface area contributed by atoms with Gasteiger partial charge in [-0.3, -0.25) is 4.79 Å². The molecule has 5 aliphatic carbocycles. The molecular formula is C26H37NO. The van der Waals surface area contributed by atoms with Gasteiger partial charge in [0.1, 0.15) is 5.78 Å². The van der Waals surface area contributed by atoms with Crippen molar-refractivity contribution in [1.29, 1.82) is 0 Å². The fraction of sp³-hybridized carbons (Fsp3) is 0.731. The van der Waals surface area contributed by atoms with Gasteiger partial charge in [-0.2, -0.15) is 0 Å². The summed E-state index contributed by atoms with van der Waals surface area (Å²) in [6.45, 7) is 3.31. The first-order valence-corrected chi connectivity index (χ1v) is 11.7. The molecule has 4 atom stereocenters. The largest absolute Gasteiger partial charge is 0.330 e. The first-order chi connectivity index (χ1) is 13.4. The first-order valence-electron chi connectivity index (χ1n) is 11.7. The van der Waals surface area contributed by atoms with Crippen molar-refractivity contribution in [3.8, 4) is 0 Å². The van der Waals surface area contributed by atoms with Gasteiger partial charge in [-0.25, -0.2) is 0 Å². The summed E-state index contributed by atoms with van der Waals surface area (Å²) in [7, 11) is 0. The molecule has 5 saturated carbocycles. The Morgan fingerprint density at radius 2 is 1.68 bits per heavy atom. The Morgan fingerprint density at radius 3 is 2.36 bits per heavy atom. The number of Topliss-reactive ketones (excluding diaryl/α,β-unsaturated/α-hetero) is 1. The van der Waals surface area contributed by atoms with Gasteiger partial charge in [0.05, 0.1) is 0 Å². The summed E-state index contributed by atoms with van der Waals surface area (Å²) in [5.74, 6) is 2.69. The molecule has 0 saturated heterocycles. The van der Waals surface area contributed by atoms with Crippen LogP contribution in [-0.2, 0) is 10.2 Å². The molecule has 0 radical (unpaired) electrons. The minimum Gasteiger partial charge on any atom is -0.330 e. The Kier molecular flexibility index (Phi) is 4.50. The predicted molar refractivity (Wildman–Crippen MR) is 114 cm³/mol. The highest BCUT2D eigenvalue weighted by atomic mass is 16.1. The van der Waals surface area contributed by atoms with Crippen molar-refractivity contribution in [1.82, 2.24) is 0 Å². The van der Waals surface area contributed by atoms with E-state index in [1.165, 1.54) is 56.9 Å². The first kappa shape index (κ1) is 18.9. The molecule has 2 unspecified atom stereocenters. The number of hydrogen-bond donors (Lipinski definition) is 1. The van der Waals surface area contributed by atoms with Crippen molar-refractivity contribution >= 4 is 5.78 Å². The minimum atomic E-state index is -0.0330. The molecule has 1 aromatic rings. The number of rotatable bonds is 5. The summed E-state index contributed by atoms with van der Waals surface area (Å²) in [5.41, 5.74) is 7.96. The van der Waals surface area contributed by atoms with Gasteiger partial charge in [-0.15, -0.1) is 0 Å². The van der Waals surface area contributed by atoms with Gasteiger partial charge >= 0.3 is 0 Å². The summed E-state index contributed by atoms with van der Waals surface area (Å²) in [5, 5.41) is 0. The molecule has 2 heteroatoms. The smallest absolute Gasteiger partial charge is 0.139 e. The summed E-state index contributed by atoms with van der Waals surface area (Å²) in [6.07, 6.45) is 13.1. The van der Waals surface area contributed by atoms with Crippen molar-refractivity contribution in [2.24, 2.45) is 34.3 Å². The zero-order chi connectivity index (χ0) is 19.4. The Morgan fingerprint density at radius 1 is 0.964 bits per heavy atom. The monoisotopic (exact) mass is 379 g/mol. The van der Waals surface area contributed by atoms with Crippen LogP contribution in [0.5, 0.6) is 0 Å². The maximum absolute atomic E-state index is 13.8. The van der Waals surface area contributed by atoms with E-state index in [0.29, 0.717) is 23.0 Å². The standard InChI is InChI=1S/C26H37NO/c1-24-12-21-13-25(16-24,22-5-3-2-4-6-22)18-26(14-21,17-24)23(28)11-19-7-9-20(15-27)10-8-19/h2-6,19-21H,7-18,27H2,1H3/t19?,20?,21?,24-,25-,26?/m0/s1. The van der Waals surface area contributed by atoms with Gasteiger partial charge < -0.3 is 5.73 Å². The van der Waals surface area contributed by atoms with Gasteiger partial charge in [-0.05, 0) is 105 Å². The number of ketones is 1. The zero-order valence-corrected chi connectivity index (χ0v) is 17.6. The van der Waals surface area contributed by atoms with Crippen LogP contribution in [0.2, 0.25) is 0 Å². The van der Waals surface area contributed by atoms with Gasteiger partial charge in [0.15, 0.2) is 0 Å². The number of hydrogen-bond acceptors (Lipinski definition) is 2. The Balaban J connectivity index is 1.39. The summed E-state index contributed by atoms with van der Waals surface area (Å²) in [4.78, 5) is 13.8. The Bertz CT molecular complexity index is 736. The molecule has 152 valence electrons. The van der Waals surface area contributed by atoms with Crippen LogP contribution >= 0.6 is 0 Å². The van der Waals surface area contributed by atoms with Crippen molar-refractivity contribution in [2.45, 2.75) is 83.0 Å². The second-order valence-corrected chi connectivity index (χ2v) is 11.5. The van der Waals surface area contributed by atoms with Crippen LogP contribution in [0.25, 0.3) is 0 Å². The van der Waals surface area contributed by atoms with Crippen LogP contribution in [0.1, 0.15) is 83.1 Å². The van der Waals surface area contributed by atoms with Gasteiger partial charge in [-0.1, -0.05) is 37.3 Å². The summed E-state index contributed by atoms with van der Waals surface area (Å²) >= 11 is 0. The molecule has 1 aromatic carbocycles. The molecule has 0 aromatic heterocycles. The quantitative estimate of drug-likeness (QED) is 0.719. The van der Waals surface area contributed by atoms with Gasteiger partial charge in [0.2, 0.25) is 0 Å². The van der Waals surface area contributed by atoms with E-state index in [9.17, 15) is 4.79 Å². The lowest BCUT2D eigenvalue weighted by molar-refractivity contribution is -0.159. The average molecular weight is 380 g/mol. The number of carbonyl (C=O) groups excluding carboxylic acids is 1. The third-order valence-electron chi connectivity index (χ3n) is 9.10. The second kappa shape index (κ2) is 6.69. The topological polar surface area (TPSA) is 43.1 Å². The fourth-order valence-electron chi connectivity index (χ4n) is 8.50. The van der Waals surface area contributed by atoms with Crippen LogP contribution < -0.4 is 5.73 Å². The lowest BCUT2D eigenvalue weighted by Crippen LogP contribution is -2.60. The van der Waals surface area contributed by atoms with Crippen LogP contribution in [0.3, 0.4) is 0 Å². The Hall–Kier alpha value is -1.15. The van der Waals surface area contributed by atoms with Crippen LogP contribution in [0.4, 0.5) is 0 Å². The van der Waals surface area contributed by atoms with E-state index in [1.54, 1.807) is 0 Å². The molecule has 2 nitrogen and oxygen atoms in total. The van der Waals surface area contributed by atoms with E-state index in [0.717, 1.165) is 31.7 Å². The van der Waals surface area contributed by atoms with Crippen LogP contribution in [0, 0.1) is 28.6 Å². The SMILES string of the molecule is C[C@@]12CC3CC(C(=O)CC4CCC(CN)CC4)(C1)C[C@](c1ccccc1)(C3)C2. The number of benzene rings is 1. The summed E-state index contributed by atoms with van der Waals surface area (Å²) < 4.78 is 0. The van der Waals surface area contributed by atoms with Crippen molar-refractivity contribution < 1.29 is 4.79 Å². The third kappa shape index (κ3) is 3.07. The minimum absolute atomic E-state index is 0.0330. The molecule has 0 heterocycles. The van der Waals surface area contributed by atoms with E-state index in [-0.39, 0.29) is 10.8 Å². The molecule has 5 aliphatic rings. The van der Waals surface area contributed by atoms with E-state index in [2.05, 4.69) is 37.3 Å². The predicted octanol–water partition coefficient (Wildman–Crippen LogP) is 5.64. The highest BCUT2D eigenvalue weighted by Gasteiger charge is 2.64. The van der Waals surface area contributed by atoms with E-state index >= 15 is 0 Å². The van der Waals surface area contributed by atoms with E-state index in [1.807, 2.05) is 0 Å². The highest BCUT2D eigenvalue weighted by Crippen LogP contribution is 2.70. The molecule has 0 amide bonds. The molecule has 2 N–H and O–H groups in total. The Labute approximate surface area is 170 Å². The number of nitrogens with two attached hydrogens (primary N) is 1. The van der Waals surface area contributed by atoms with Crippen molar-refractivity contribution in [3.05, 3.63) is 35.9 Å². The molecule has 28 heavy (non-hydrogen) atoms. The van der Waals surface area contributed by atoms with Crippen LogP contribution in [-0.4, -0.2) is 12.3 Å².